The van der Waals surface area contributed by atoms with Crippen LogP contribution >= 0.6 is 0 Å². The molecule has 1 amide bonds. The summed E-state index contributed by atoms with van der Waals surface area (Å²) in [6, 6.07) is 18.7. The van der Waals surface area contributed by atoms with Gasteiger partial charge in [-0.3, -0.25) is 4.79 Å². The van der Waals surface area contributed by atoms with Crippen molar-refractivity contribution in [3.8, 4) is 17.3 Å². The Labute approximate surface area is 238 Å². The van der Waals surface area contributed by atoms with Gasteiger partial charge in [0.1, 0.15) is 36.1 Å². The molecule has 0 aliphatic carbocycles. The second kappa shape index (κ2) is 12.0. The maximum Gasteiger partial charge on any atom is 0.262 e. The van der Waals surface area contributed by atoms with E-state index >= 15 is 0 Å². The summed E-state index contributed by atoms with van der Waals surface area (Å²) in [4.78, 5) is 15.4. The summed E-state index contributed by atoms with van der Waals surface area (Å²) in [5, 5.41) is 54.0. The summed E-state index contributed by atoms with van der Waals surface area (Å²) in [5.41, 5.74) is 4.23. The van der Waals surface area contributed by atoms with Gasteiger partial charge in [-0.25, -0.2) is 0 Å². The number of aliphatic hydroxyl groups is 4. The highest BCUT2D eigenvalue weighted by molar-refractivity contribution is 6.04. The normalized spacial score (nSPS) is 25.5. The molecule has 5 N–H and O–H groups in total. The van der Waals surface area contributed by atoms with E-state index in [1.807, 2.05) is 29.8 Å². The lowest BCUT2D eigenvalue weighted by molar-refractivity contribution is -0.280. The van der Waals surface area contributed by atoms with Gasteiger partial charge >= 0.3 is 0 Å². The topological polar surface area (TPSA) is 151 Å². The van der Waals surface area contributed by atoms with Gasteiger partial charge in [0.25, 0.3) is 5.91 Å². The predicted molar refractivity (Wildman–Crippen MR) is 155 cm³/mol. The van der Waals surface area contributed by atoms with E-state index < -0.39 is 36.6 Å². The first-order chi connectivity index (χ1) is 19.7. The highest BCUT2D eigenvalue weighted by atomic mass is 16.6. The molecule has 0 radical (unpaired) electrons. The summed E-state index contributed by atoms with van der Waals surface area (Å²) in [6.45, 7) is 3.60. The smallest absolute Gasteiger partial charge is 0.262 e. The number of anilines is 1. The number of benzene rings is 2. The molecule has 10 heteroatoms. The molecule has 0 bridgehead atoms. The molecule has 5 atom stereocenters. The Morgan fingerprint density at radius 3 is 2.41 bits per heavy atom. The Bertz CT molecular complexity index is 1500. The average molecular weight is 561 g/mol. The second-order valence-electron chi connectivity index (χ2n) is 10.8. The molecule has 0 saturated carbocycles. The zero-order valence-corrected chi connectivity index (χ0v) is 23.2. The van der Waals surface area contributed by atoms with Crippen molar-refractivity contribution >= 4 is 27.9 Å². The molecule has 2 aliphatic heterocycles. The molecular weight excluding hydrogens is 524 g/mol. The van der Waals surface area contributed by atoms with Gasteiger partial charge in [-0.15, -0.1) is 0 Å². The van der Waals surface area contributed by atoms with Gasteiger partial charge in [-0.05, 0) is 78.4 Å². The van der Waals surface area contributed by atoms with E-state index in [0.717, 1.165) is 29.7 Å². The summed E-state index contributed by atoms with van der Waals surface area (Å²) in [7, 11) is 1.88. The summed E-state index contributed by atoms with van der Waals surface area (Å²) in [6.07, 6.45) is -3.96. The lowest BCUT2D eigenvalue weighted by atomic mass is 9.98. The Balaban J connectivity index is 1.34. The Hall–Kier alpha value is -3.72. The number of ether oxygens (including phenoxy) is 1. The lowest BCUT2D eigenvalue weighted by Gasteiger charge is -2.38. The average Bonchev–Trinajstić information content (AvgIpc) is 3.38. The molecule has 10 nitrogen and oxygen atoms in total. The molecule has 216 valence electrons. The largest absolute Gasteiger partial charge is 0.388 e. The number of rotatable bonds is 6. The molecule has 2 aromatic carbocycles. The standard InChI is InChI=1S/C31H36N4O6/c1-18(23(16-32)30(39)33-17-26-27(36)28(37)29(38)31(40)41-26)24-10-11-25(34(24)2)21-7-6-20-15-22(9-8-19(20)14-21)35-12-4-3-5-13-35/h6-11,14-15,26-29,31,36-38,40H,3-5,12-13,17H2,1-2H3,(H,33,39)/b23-18+/t26-,27-,28+,29-,31?/m1/s1. The highest BCUT2D eigenvalue weighted by Crippen LogP contribution is 2.31. The van der Waals surface area contributed by atoms with Crippen LogP contribution in [-0.2, 0) is 16.6 Å². The molecule has 1 unspecified atom stereocenters. The Kier molecular flexibility index (Phi) is 8.45. The fourth-order valence-electron chi connectivity index (χ4n) is 5.73. The van der Waals surface area contributed by atoms with Crippen molar-refractivity contribution in [3.63, 3.8) is 0 Å². The second-order valence-corrected chi connectivity index (χ2v) is 10.8. The van der Waals surface area contributed by atoms with Crippen LogP contribution in [0.15, 0.2) is 54.1 Å². The number of carbonyl (C=O) groups excluding carboxylic acids is 1. The zero-order valence-electron chi connectivity index (χ0n) is 23.2. The van der Waals surface area contributed by atoms with Crippen molar-refractivity contribution in [1.82, 2.24) is 9.88 Å². The quantitative estimate of drug-likeness (QED) is 0.227. The predicted octanol–water partition coefficient (Wildman–Crippen LogP) is 2.05. The van der Waals surface area contributed by atoms with Gasteiger partial charge in [0.2, 0.25) is 0 Å². The number of aromatic nitrogens is 1. The fraction of sp³-hybridized carbons (Fsp3) is 0.419. The van der Waals surface area contributed by atoms with Crippen LogP contribution in [0.3, 0.4) is 0 Å². The number of hydrogen-bond acceptors (Lipinski definition) is 8. The Morgan fingerprint density at radius 2 is 1.68 bits per heavy atom. The van der Waals surface area contributed by atoms with Gasteiger partial charge in [-0.1, -0.05) is 18.2 Å². The van der Waals surface area contributed by atoms with E-state index in [1.165, 1.54) is 30.3 Å². The van der Waals surface area contributed by atoms with Crippen LogP contribution in [0.25, 0.3) is 27.6 Å². The number of aliphatic hydroxyl groups excluding tert-OH is 4. The number of fused-ring (bicyclic) bond motifs is 1. The number of amides is 1. The minimum Gasteiger partial charge on any atom is -0.388 e. The molecule has 0 spiro atoms. The van der Waals surface area contributed by atoms with Crippen molar-refractivity contribution in [3.05, 3.63) is 59.8 Å². The van der Waals surface area contributed by atoms with Crippen molar-refractivity contribution in [2.45, 2.75) is 56.9 Å². The fourth-order valence-corrected chi connectivity index (χ4v) is 5.73. The van der Waals surface area contributed by atoms with Crippen LogP contribution in [0.2, 0.25) is 0 Å². The van der Waals surface area contributed by atoms with E-state index in [9.17, 15) is 30.5 Å². The van der Waals surface area contributed by atoms with Crippen LogP contribution in [0, 0.1) is 11.3 Å². The molecule has 5 rings (SSSR count). The van der Waals surface area contributed by atoms with E-state index in [0.29, 0.717) is 11.3 Å². The van der Waals surface area contributed by atoms with Crippen LogP contribution in [0.5, 0.6) is 0 Å². The van der Waals surface area contributed by atoms with Gasteiger partial charge in [0, 0.05) is 43.8 Å². The SMILES string of the molecule is C/C(=C(/C#N)C(=O)NC[C@H]1OC(O)[C@H](O)[C@@H](O)[C@@H]1O)c1ccc(-c2ccc3cc(N4CCCCC4)ccc3c2)n1C. The lowest BCUT2D eigenvalue weighted by Crippen LogP contribution is -2.60. The highest BCUT2D eigenvalue weighted by Gasteiger charge is 2.43. The Morgan fingerprint density at radius 1 is 0.976 bits per heavy atom. The molecule has 3 heterocycles. The third-order valence-electron chi connectivity index (χ3n) is 8.21. The van der Waals surface area contributed by atoms with Gasteiger partial charge in [0.15, 0.2) is 6.29 Å². The third-order valence-corrected chi connectivity index (χ3v) is 8.21. The van der Waals surface area contributed by atoms with Crippen molar-refractivity contribution in [2.75, 3.05) is 24.5 Å². The minimum absolute atomic E-state index is 0.118. The maximum atomic E-state index is 12.9. The van der Waals surface area contributed by atoms with Crippen molar-refractivity contribution in [2.24, 2.45) is 7.05 Å². The number of allylic oxidation sites excluding steroid dienone is 1. The first kappa shape index (κ1) is 28.8. The van der Waals surface area contributed by atoms with Crippen LogP contribution in [-0.4, -0.2) is 81.2 Å². The maximum absolute atomic E-state index is 12.9. The van der Waals surface area contributed by atoms with Gasteiger partial charge in [-0.2, -0.15) is 5.26 Å². The molecule has 3 aromatic rings. The molecule has 2 aliphatic rings. The number of nitriles is 1. The summed E-state index contributed by atoms with van der Waals surface area (Å²) >= 11 is 0. The molecular formula is C31H36N4O6. The first-order valence-corrected chi connectivity index (χ1v) is 13.9. The van der Waals surface area contributed by atoms with Gasteiger partial charge < -0.3 is 39.9 Å². The number of hydrogen-bond donors (Lipinski definition) is 5. The third kappa shape index (κ3) is 5.73. The number of nitrogens with one attached hydrogen (secondary N) is 1. The van der Waals surface area contributed by atoms with E-state index in [-0.39, 0.29) is 12.1 Å². The monoisotopic (exact) mass is 560 g/mol. The number of carbonyl (C=O) groups is 1. The van der Waals surface area contributed by atoms with E-state index in [4.69, 9.17) is 4.74 Å². The summed E-state index contributed by atoms with van der Waals surface area (Å²) < 4.78 is 7.04. The van der Waals surface area contributed by atoms with Gasteiger partial charge in [0.05, 0.1) is 0 Å². The van der Waals surface area contributed by atoms with Crippen molar-refractivity contribution < 1.29 is 30.0 Å². The van der Waals surface area contributed by atoms with Crippen molar-refractivity contribution in [1.29, 1.82) is 5.26 Å². The van der Waals surface area contributed by atoms with E-state index in [1.54, 1.807) is 6.92 Å². The first-order valence-electron chi connectivity index (χ1n) is 13.9. The number of piperidine rings is 1. The zero-order chi connectivity index (χ0) is 29.3. The number of nitrogens with zero attached hydrogens (tertiary/aromatic N) is 3. The minimum atomic E-state index is -1.71. The van der Waals surface area contributed by atoms with Crippen LogP contribution in [0.4, 0.5) is 5.69 Å². The summed E-state index contributed by atoms with van der Waals surface area (Å²) in [5.74, 6) is -0.686. The molecule has 2 fully saturated rings. The van der Waals surface area contributed by atoms with Crippen LogP contribution in [0.1, 0.15) is 31.9 Å². The van der Waals surface area contributed by atoms with Crippen LogP contribution < -0.4 is 10.2 Å². The molecule has 1 aromatic heterocycles. The molecule has 41 heavy (non-hydrogen) atoms. The van der Waals surface area contributed by atoms with E-state index in [2.05, 4.69) is 46.6 Å². The molecule has 2 saturated heterocycles.